The Bertz CT molecular complexity index is 3370. The molecule has 370 valence electrons. The topological polar surface area (TPSA) is 6.48 Å². The van der Waals surface area contributed by atoms with Gasteiger partial charge in [0, 0.05) is 33.3 Å². The average Bonchev–Trinajstić information content (AvgIpc) is 3.45. The van der Waals surface area contributed by atoms with Crippen LogP contribution in [0.25, 0.3) is 54.6 Å². The van der Waals surface area contributed by atoms with Crippen LogP contribution in [0.1, 0.15) is 149 Å². The van der Waals surface area contributed by atoms with E-state index in [-0.39, 0.29) is 11.8 Å². The van der Waals surface area contributed by atoms with Gasteiger partial charge < -0.3 is 9.80 Å². The summed E-state index contributed by atoms with van der Waals surface area (Å²) >= 11 is 0. The zero-order valence-electron chi connectivity index (χ0n) is 44.6. The number of aryl methyl sites for hydroxylation is 2. The Morgan fingerprint density at radius 3 is 1.14 bits per heavy atom. The zero-order valence-corrected chi connectivity index (χ0v) is 44.6. The van der Waals surface area contributed by atoms with Crippen LogP contribution in [0, 0.1) is 13.8 Å². The lowest BCUT2D eigenvalue weighted by Gasteiger charge is -2.34. The van der Waals surface area contributed by atoms with Gasteiger partial charge in [-0.05, 0) is 166 Å². The maximum absolute atomic E-state index is 2.66. The average molecular weight is 965 g/mol. The molecule has 0 N–H and O–H groups in total. The van der Waals surface area contributed by atoms with E-state index in [1.54, 1.807) is 0 Å². The molecule has 0 radical (unpaired) electrons. The molecule has 0 amide bonds. The fourth-order valence-corrected chi connectivity index (χ4v) is 13.4. The lowest BCUT2D eigenvalue weighted by Crippen LogP contribution is -2.16. The van der Waals surface area contributed by atoms with Gasteiger partial charge in [0.1, 0.15) is 0 Å². The van der Waals surface area contributed by atoms with Crippen LogP contribution in [0.15, 0.2) is 182 Å². The minimum atomic E-state index is 0.280. The summed E-state index contributed by atoms with van der Waals surface area (Å²) in [6.45, 7) is 14.2. The second kappa shape index (κ2) is 20.3. The molecule has 0 spiro atoms. The third kappa shape index (κ3) is 8.64. The van der Waals surface area contributed by atoms with Gasteiger partial charge in [-0.3, -0.25) is 0 Å². The maximum atomic E-state index is 2.66. The van der Waals surface area contributed by atoms with Crippen LogP contribution in [0.5, 0.6) is 0 Å². The Morgan fingerprint density at radius 2 is 0.743 bits per heavy atom. The summed E-state index contributed by atoms with van der Waals surface area (Å²) in [5.74, 6) is 1.72. The minimum absolute atomic E-state index is 0.280. The van der Waals surface area contributed by atoms with Crippen molar-refractivity contribution in [2.45, 2.75) is 129 Å². The summed E-state index contributed by atoms with van der Waals surface area (Å²) in [7, 11) is 0. The van der Waals surface area contributed by atoms with Gasteiger partial charge in [0.25, 0.3) is 0 Å². The van der Waals surface area contributed by atoms with Gasteiger partial charge in [-0.15, -0.1) is 0 Å². The van der Waals surface area contributed by atoms with E-state index >= 15 is 0 Å². The molecule has 0 aliphatic heterocycles. The first-order chi connectivity index (χ1) is 36.2. The van der Waals surface area contributed by atoms with Gasteiger partial charge >= 0.3 is 0 Å². The maximum Gasteiger partial charge on any atom is 0.0569 e. The number of rotatable bonds is 12. The third-order valence-electron chi connectivity index (χ3n) is 17.1. The zero-order chi connectivity index (χ0) is 50.5. The number of benzene rings is 10. The van der Waals surface area contributed by atoms with Crippen molar-refractivity contribution in [3.63, 3.8) is 0 Å². The molecule has 2 aliphatic rings. The highest BCUT2D eigenvalue weighted by molar-refractivity contribution is 6.29. The molecule has 0 atom stereocenters. The highest BCUT2D eigenvalue weighted by Gasteiger charge is 2.30. The predicted molar refractivity (Wildman–Crippen MR) is 320 cm³/mol. The van der Waals surface area contributed by atoms with Crippen molar-refractivity contribution in [1.82, 2.24) is 0 Å². The number of nitrogens with zero attached hydrogens (tertiary/aromatic N) is 2. The molecule has 2 aliphatic carbocycles. The molecular formula is C72H72N2. The Morgan fingerprint density at radius 1 is 0.365 bits per heavy atom. The summed E-state index contributed by atoms with van der Waals surface area (Å²) < 4.78 is 0. The van der Waals surface area contributed by atoms with Crippen LogP contribution < -0.4 is 9.80 Å². The molecule has 10 aromatic carbocycles. The summed E-state index contributed by atoms with van der Waals surface area (Å²) in [6.07, 6.45) is 13.0. The van der Waals surface area contributed by atoms with E-state index in [2.05, 4.69) is 233 Å². The lowest BCUT2D eigenvalue weighted by molar-refractivity contribution is 0.443. The van der Waals surface area contributed by atoms with Gasteiger partial charge in [-0.1, -0.05) is 212 Å². The molecular weight excluding hydrogens is 893 g/mol. The summed E-state index contributed by atoms with van der Waals surface area (Å²) in [5.41, 5.74) is 20.6. The molecule has 12 rings (SSSR count). The first-order valence-electron chi connectivity index (χ1n) is 28.1. The number of para-hydroxylation sites is 2. The highest BCUT2D eigenvalue weighted by Crippen LogP contribution is 2.54. The van der Waals surface area contributed by atoms with Gasteiger partial charge in [-0.25, -0.2) is 0 Å². The smallest absolute Gasteiger partial charge is 0.0569 e. The molecule has 2 nitrogen and oxygen atoms in total. The molecule has 0 bridgehead atoms. The monoisotopic (exact) mass is 965 g/mol. The summed E-state index contributed by atoms with van der Waals surface area (Å²) in [6, 6.07) is 70.3. The first-order valence-corrected chi connectivity index (χ1v) is 28.1. The van der Waals surface area contributed by atoms with Crippen molar-refractivity contribution in [1.29, 1.82) is 0 Å². The SMILES string of the molecule is Cc1cccc(-c2ccccc2)c1N(c1cccc(C2CCCCC2)c1)c1cc(C(C)C)c2ccc3c(N(c4cccc(C5CCCCC5)c4)c4c(C)cccc4-c4ccccc4)cc(C(C)C)c4ccc1c2c43. The normalized spacial score (nSPS) is 14.8. The van der Waals surface area contributed by atoms with Crippen LogP contribution in [-0.4, -0.2) is 0 Å². The van der Waals surface area contributed by atoms with Crippen molar-refractivity contribution < 1.29 is 0 Å². The molecule has 2 saturated carbocycles. The first kappa shape index (κ1) is 47.8. The standard InChI is InChI=1S/C72H72N2/c1-47(2)65-45-67(73(57-35-21-33-55(43-57)51-25-11-7-12-26-51)71-49(5)23-19-37-59(71)53-29-15-9-16-30-53)63-42-40-62-66(48(3)4)46-68(64-41-39-61(65)69(63)70(62)64)74(58-36-22-34-56(44-58)52-27-13-8-14-28-52)72-50(6)24-20-38-60(72)54-31-17-10-18-32-54/h9-10,15-24,29-48,51-52H,7-8,11-14,25-28H2,1-6H3. The molecule has 0 heterocycles. The fourth-order valence-electron chi connectivity index (χ4n) is 13.4. The molecule has 10 aromatic rings. The van der Waals surface area contributed by atoms with E-state index in [9.17, 15) is 0 Å². The van der Waals surface area contributed by atoms with E-state index in [0.29, 0.717) is 11.8 Å². The third-order valence-corrected chi connectivity index (χ3v) is 17.1. The molecule has 2 heteroatoms. The summed E-state index contributed by atoms with van der Waals surface area (Å²) in [5, 5.41) is 7.98. The van der Waals surface area contributed by atoms with Crippen LogP contribution in [0.2, 0.25) is 0 Å². The Labute approximate surface area is 441 Å². The predicted octanol–water partition coefficient (Wildman–Crippen LogP) is 21.8. The second-order valence-corrected chi connectivity index (χ2v) is 22.6. The van der Waals surface area contributed by atoms with E-state index < -0.39 is 0 Å². The fraction of sp³-hybridized carbons (Fsp3) is 0.278. The van der Waals surface area contributed by atoms with Gasteiger partial charge in [0.15, 0.2) is 0 Å². The molecule has 0 saturated heterocycles. The van der Waals surface area contributed by atoms with Crippen molar-refractivity contribution in [2.75, 3.05) is 9.80 Å². The Kier molecular flexibility index (Phi) is 13.1. The minimum Gasteiger partial charge on any atom is -0.309 e. The van der Waals surface area contributed by atoms with Crippen LogP contribution >= 0.6 is 0 Å². The number of hydrogen-bond donors (Lipinski definition) is 0. The van der Waals surface area contributed by atoms with E-state index in [1.807, 2.05) is 0 Å². The van der Waals surface area contributed by atoms with E-state index in [0.717, 1.165) is 0 Å². The van der Waals surface area contributed by atoms with Gasteiger partial charge in [0.2, 0.25) is 0 Å². The van der Waals surface area contributed by atoms with E-state index in [1.165, 1.54) is 186 Å². The van der Waals surface area contributed by atoms with Crippen LogP contribution in [0.4, 0.5) is 34.1 Å². The highest BCUT2D eigenvalue weighted by atomic mass is 15.2. The number of hydrogen-bond acceptors (Lipinski definition) is 2. The number of anilines is 6. The van der Waals surface area contributed by atoms with Crippen LogP contribution in [-0.2, 0) is 0 Å². The second-order valence-electron chi connectivity index (χ2n) is 22.6. The van der Waals surface area contributed by atoms with Crippen molar-refractivity contribution >= 4 is 66.4 Å². The van der Waals surface area contributed by atoms with E-state index in [4.69, 9.17) is 0 Å². The van der Waals surface area contributed by atoms with Gasteiger partial charge in [0.05, 0.1) is 22.7 Å². The van der Waals surface area contributed by atoms with Crippen molar-refractivity contribution in [2.24, 2.45) is 0 Å². The molecule has 0 unspecified atom stereocenters. The van der Waals surface area contributed by atoms with Crippen molar-refractivity contribution in [3.05, 3.63) is 215 Å². The Hall–Kier alpha value is -7.16. The molecule has 0 aromatic heterocycles. The van der Waals surface area contributed by atoms with Crippen LogP contribution in [0.3, 0.4) is 0 Å². The molecule has 74 heavy (non-hydrogen) atoms. The summed E-state index contributed by atoms with van der Waals surface area (Å²) in [4.78, 5) is 5.32. The largest absolute Gasteiger partial charge is 0.309 e. The Balaban J connectivity index is 1.19. The van der Waals surface area contributed by atoms with Crippen molar-refractivity contribution in [3.8, 4) is 22.3 Å². The lowest BCUT2D eigenvalue weighted by atomic mass is 9.83. The molecule has 2 fully saturated rings. The quantitative estimate of drug-likeness (QED) is 0.113. The van der Waals surface area contributed by atoms with Gasteiger partial charge in [-0.2, -0.15) is 0 Å².